The molecule has 5 aliphatic heterocycles. The predicted octanol–water partition coefficient (Wildman–Crippen LogP) is 16.0. The molecule has 0 radical (unpaired) electrons. The van der Waals surface area contributed by atoms with Crippen LogP contribution in [0.4, 0.5) is 32.4 Å². The van der Waals surface area contributed by atoms with Gasteiger partial charge in [-0.25, -0.2) is 14.4 Å². The van der Waals surface area contributed by atoms with Crippen LogP contribution < -0.4 is 31.1 Å². The van der Waals surface area contributed by atoms with Crippen molar-refractivity contribution in [2.45, 2.75) is 305 Å². The van der Waals surface area contributed by atoms with Crippen LogP contribution in [0, 0.1) is 46.5 Å². The highest BCUT2D eigenvalue weighted by atomic mass is 16.6. The molecule has 8 atom stereocenters. The van der Waals surface area contributed by atoms with E-state index in [1.165, 1.54) is 28.7 Å². The second-order valence-electron chi connectivity index (χ2n) is 45.4. The van der Waals surface area contributed by atoms with Gasteiger partial charge < -0.3 is 108 Å². The van der Waals surface area contributed by atoms with Crippen molar-refractivity contribution >= 4 is 72.0 Å². The number of esters is 3. The molecule has 149 heavy (non-hydrogen) atoms. The Morgan fingerprint density at radius 1 is 0.436 bits per heavy atom. The third kappa shape index (κ3) is 30.0. The monoisotopic (exact) mass is 2060 g/mol. The Morgan fingerprint density at radius 3 is 1.03 bits per heavy atom. The first kappa shape index (κ1) is 110. The van der Waals surface area contributed by atoms with Gasteiger partial charge in [-0.2, -0.15) is 20.2 Å². The summed E-state index contributed by atoms with van der Waals surface area (Å²) in [6, 6.07) is 43.8. The van der Waals surface area contributed by atoms with Crippen molar-refractivity contribution in [1.82, 2.24) is 60.7 Å². The molecule has 0 bridgehead atoms. The molecule has 8 saturated carbocycles. The minimum atomic E-state index is -0.746. The molecule has 13 aliphatic rings. The van der Waals surface area contributed by atoms with Crippen LogP contribution in [0.2, 0.25) is 0 Å². The zero-order valence-electron chi connectivity index (χ0n) is 88.7. The fourth-order valence-corrected chi connectivity index (χ4v) is 20.7. The van der Waals surface area contributed by atoms with Gasteiger partial charge in [0.2, 0.25) is 0 Å². The topological polar surface area (TPSA) is 478 Å². The summed E-state index contributed by atoms with van der Waals surface area (Å²) in [5.74, 6) is 1.63. The molecule has 3 aromatic heterocycles. The quantitative estimate of drug-likeness (QED) is 0.00447. The van der Waals surface area contributed by atoms with Crippen LogP contribution in [-0.2, 0) is 68.6 Å². The Balaban J connectivity index is 0.000000139. The first-order valence-electron chi connectivity index (χ1n) is 53.8. The molecule has 7 aromatic rings. The maximum atomic E-state index is 13.3. The number of aliphatic carboxylic acids is 2. The average Bonchev–Trinajstić information content (AvgIpc) is 1.58. The second kappa shape index (κ2) is 48.5. The van der Waals surface area contributed by atoms with Crippen LogP contribution in [0.15, 0.2) is 140 Å². The van der Waals surface area contributed by atoms with Gasteiger partial charge in [0.05, 0.1) is 60.2 Å². The zero-order valence-corrected chi connectivity index (χ0v) is 88.7. The summed E-state index contributed by atoms with van der Waals surface area (Å²) in [6.45, 7) is 33.2. The first-order valence-corrected chi connectivity index (χ1v) is 53.8. The average molecular weight is 2060 g/mol. The van der Waals surface area contributed by atoms with E-state index in [-0.39, 0.29) is 106 Å². The molecule has 8 aliphatic carbocycles. The van der Waals surface area contributed by atoms with Crippen molar-refractivity contribution in [3.8, 4) is 6.19 Å². The van der Waals surface area contributed by atoms with E-state index in [9.17, 15) is 43.5 Å². The molecule has 38 heteroatoms. The van der Waals surface area contributed by atoms with Gasteiger partial charge in [0.25, 0.3) is 0 Å². The van der Waals surface area contributed by atoms with E-state index in [0.29, 0.717) is 190 Å². The molecule has 0 unspecified atom stereocenters. The molecule has 4 aromatic carbocycles. The van der Waals surface area contributed by atoms with Crippen LogP contribution in [0.5, 0.6) is 0 Å². The van der Waals surface area contributed by atoms with Crippen molar-refractivity contribution in [2.24, 2.45) is 45.9 Å². The van der Waals surface area contributed by atoms with Crippen LogP contribution in [-0.4, -0.2) is 272 Å². The molecule has 808 valence electrons. The third-order valence-electron chi connectivity index (χ3n) is 30.7. The number of nitrogens with zero attached hydrogens (tertiary/aromatic N) is 15. The fraction of sp³-hybridized carbons (Fsp3) is 0.640. The number of nitrogens with two attached hydrogens (primary N) is 1. The van der Waals surface area contributed by atoms with Crippen LogP contribution in [0.25, 0.3) is 0 Å². The van der Waals surface area contributed by atoms with Crippen LogP contribution in [0.3, 0.4) is 0 Å². The number of hydrogen-bond acceptors (Lipinski definition) is 32. The number of amides is 3. The molecule has 5 saturated heterocycles. The van der Waals surface area contributed by atoms with Crippen molar-refractivity contribution in [3.63, 3.8) is 0 Å². The molecule has 38 nitrogen and oxygen atoms in total. The van der Waals surface area contributed by atoms with Gasteiger partial charge in [-0.3, -0.25) is 24.0 Å². The minimum absolute atomic E-state index is 0.00421. The number of anilines is 3. The summed E-state index contributed by atoms with van der Waals surface area (Å²) < 4.78 is 49.0. The predicted molar refractivity (Wildman–Crippen MR) is 553 cm³/mol. The first-order chi connectivity index (χ1) is 71.4. The minimum Gasteiger partial charge on any atom is -0.481 e. The molecular formula is C111H154N18O20. The summed E-state index contributed by atoms with van der Waals surface area (Å²) in [6.07, 6.45) is 19.6. The molecule has 3 amide bonds. The maximum Gasteiger partial charge on any atom is 0.410 e. The number of carboxylic acids is 2. The number of piperidine rings is 5. The highest BCUT2D eigenvalue weighted by molar-refractivity contribution is 5.89. The van der Waals surface area contributed by atoms with Crippen molar-refractivity contribution in [3.05, 3.63) is 161 Å². The van der Waals surface area contributed by atoms with Gasteiger partial charge >= 0.3 is 66.2 Å². The van der Waals surface area contributed by atoms with Crippen molar-refractivity contribution in [2.75, 3.05) is 126 Å². The smallest absolute Gasteiger partial charge is 0.410 e. The number of ether oxygens (including phenoxy) is 6. The Kier molecular flexibility index (Phi) is 36.0. The number of rotatable bonds is 31. The lowest BCUT2D eigenvalue weighted by molar-refractivity contribution is -0.150. The van der Waals surface area contributed by atoms with Gasteiger partial charge in [-0.1, -0.05) is 142 Å². The van der Waals surface area contributed by atoms with Gasteiger partial charge in [0, 0.05) is 137 Å². The number of benzene rings is 4. The lowest BCUT2D eigenvalue weighted by Gasteiger charge is -2.30. The Hall–Kier alpha value is -12.7. The van der Waals surface area contributed by atoms with Crippen LogP contribution >= 0.6 is 0 Å². The van der Waals surface area contributed by atoms with Crippen molar-refractivity contribution in [1.29, 1.82) is 5.26 Å². The largest absolute Gasteiger partial charge is 0.481 e. The number of nitrogens with one attached hydrogen (secondary N) is 2. The Morgan fingerprint density at radius 2 is 0.738 bits per heavy atom. The maximum absolute atomic E-state index is 13.3. The number of carbonyl (C=O) groups is 8. The number of carboxylic acid groups (broad SMARTS) is 2. The van der Waals surface area contributed by atoms with Gasteiger partial charge in [0.1, 0.15) is 22.6 Å². The SMILES string of the molecule is CC(C)(C)OC(=O)N(CC1(C(N)=NO)CC1)[C@@H]1C[C@H]1c1ccccc1.CC(C)(C)OC(=O)N(CC1(c2noc(N3CCC(C(=O)O)CC3)n2)CC1)[C@@H]1C[C@H]1c1ccccc1.CCOC(=O)C1CCN(C#N)CC1.CCOC(=O)C1CCN(c2nc(C3(CN(C(=O)OC(C)(C)C)[C@@H]4C[C@H]4c4ccccc4)CC3)no2)CC1.CCOC(=O)C1CCNCC1.O=C(O)C1CCN(c2nc(C3(CN[C@@H]4C[C@H]4c4ccccc4)CC3)no2)CC1. The summed E-state index contributed by atoms with van der Waals surface area (Å²) in [7, 11) is 0. The Bertz CT molecular complexity index is 5650. The summed E-state index contributed by atoms with van der Waals surface area (Å²) in [5.41, 5.74) is 8.26. The number of likely N-dealkylation sites (tertiary alicyclic amines) is 1. The number of hydrogen-bond donors (Lipinski definition) is 6. The normalized spacial score (nSPS) is 23.3. The molecule has 0 spiro atoms. The van der Waals surface area contributed by atoms with E-state index in [2.05, 4.69) is 109 Å². The van der Waals surface area contributed by atoms with Gasteiger partial charge in [-0.15, -0.1) is 0 Å². The number of aromatic nitrogens is 6. The molecule has 7 N–H and O–H groups in total. The second-order valence-corrected chi connectivity index (χ2v) is 45.4. The highest BCUT2D eigenvalue weighted by Crippen LogP contribution is 2.57. The van der Waals surface area contributed by atoms with Gasteiger partial charge in [0.15, 0.2) is 23.7 Å². The Labute approximate surface area is 873 Å². The molecule has 8 heterocycles. The molecule has 20 rings (SSSR count). The van der Waals surface area contributed by atoms with Crippen LogP contribution in [0.1, 0.15) is 288 Å². The number of amidine groups is 1. The lowest BCUT2D eigenvalue weighted by atomic mass is 9.97. The van der Waals surface area contributed by atoms with E-state index < -0.39 is 34.2 Å². The summed E-state index contributed by atoms with van der Waals surface area (Å²) in [4.78, 5) is 124. The van der Waals surface area contributed by atoms with E-state index in [4.69, 9.17) is 73.3 Å². The molecule has 13 fully saturated rings. The van der Waals surface area contributed by atoms with E-state index >= 15 is 0 Å². The third-order valence-corrected chi connectivity index (χ3v) is 30.7. The number of oxime groups is 1. The van der Waals surface area contributed by atoms with Crippen molar-refractivity contribution < 1.29 is 95.8 Å². The highest BCUT2D eigenvalue weighted by Gasteiger charge is 2.60. The summed E-state index contributed by atoms with van der Waals surface area (Å²) >= 11 is 0. The van der Waals surface area contributed by atoms with Gasteiger partial charge in [-0.05, 0) is 260 Å². The standard InChI is InChI=1S/C28H38N4O5.C26H34N4O5.C21H26N4O3.C19H27N3O3.C9H14N2O2.C8H15NO2/c1-5-35-23(33)20-11-15-31(16-12-20)25-29-24(30-37-25)28(13-14-28)18-32(26(34)36-27(2,3)4)22-17-21(22)19-9-7-6-8-10-19;1-25(2,3)34-24(33)30(20-15-19(20)17-7-5-4-6-8-17)16-26(11-12-26)22-27-23(35-28-22)29-13-9-18(10-14-29)21(31)32;26-18(27)15-6-10-25(11-7-15)20-23-19(24-28-20)21(8-9-21)13-22-17-12-16(17)14-4-2-1-3-5-14;1-18(2,3)25-17(23)22(12-19(9-10-19)16(20)21-24)15-11-14(15)13-7-5-4-6-8-13;1-2-13-9(12)8-3-5-11(7-10)6-4-8;1-2-11-8(10)7-3-5-9-6-4-7/h6-10,20-22H,5,11-18H2,1-4H3;4-8,18-20H,9-16H2,1-3H3,(H,31,32);1-5,15-17,22H,6-13H2,(H,26,27);4-8,14-15,24H,9-12H2,1-3H3,(H2,20,21);8H,2-6H2,1H3;7,9H,2-6H2,1H3/t21-,22+;19-,20+;16-,17+;14-,15+;;/m0000../s1. The number of carbonyl (C=O) groups excluding carboxylic acids is 6. The lowest BCUT2D eigenvalue weighted by Crippen LogP contribution is -2.45. The van der Waals surface area contributed by atoms with E-state index in [0.717, 1.165) is 122 Å². The zero-order chi connectivity index (χ0) is 106. The number of nitriles is 1. The fourth-order valence-electron chi connectivity index (χ4n) is 20.7. The molecular weight excluding hydrogens is 1910 g/mol. The van der Waals surface area contributed by atoms with E-state index in [1.54, 1.807) is 9.80 Å². The van der Waals surface area contributed by atoms with E-state index in [1.807, 2.05) is 162 Å². The summed E-state index contributed by atoms with van der Waals surface area (Å²) in [5, 5.41) is 59.0.